The van der Waals surface area contributed by atoms with Crippen molar-refractivity contribution in [3.63, 3.8) is 0 Å². The van der Waals surface area contributed by atoms with Gasteiger partial charge in [-0.15, -0.1) is 23.2 Å². The van der Waals surface area contributed by atoms with Gasteiger partial charge >= 0.3 is 18.2 Å². The van der Waals surface area contributed by atoms with Crippen molar-refractivity contribution in [3.8, 4) is 0 Å². The number of esters is 1. The molecule has 0 heterocycles. The Morgan fingerprint density at radius 2 is 1.10 bits per heavy atom. The molecule has 0 rings (SSSR count). The molecule has 0 fully saturated rings. The predicted molar refractivity (Wildman–Crippen MR) is 113 cm³/mol. The fraction of sp³-hybridized carbons (Fsp3) is 0.850. The highest BCUT2D eigenvalue weighted by Gasteiger charge is 2.43. The molecule has 7 nitrogen and oxygen atoms in total. The lowest BCUT2D eigenvalue weighted by Gasteiger charge is -2.34. The minimum Gasteiger partial charge on any atom is -0.458 e. The van der Waals surface area contributed by atoms with Crippen LogP contribution in [0.25, 0.3) is 0 Å². The van der Waals surface area contributed by atoms with Crippen molar-refractivity contribution in [2.45, 2.75) is 103 Å². The third kappa shape index (κ3) is 11.5. The van der Waals surface area contributed by atoms with Crippen LogP contribution >= 0.6 is 23.2 Å². The third-order valence-electron chi connectivity index (χ3n) is 3.20. The maximum absolute atomic E-state index is 12.9. The van der Waals surface area contributed by atoms with E-state index in [4.69, 9.17) is 37.4 Å². The molecule has 0 radical (unpaired) electrons. The van der Waals surface area contributed by atoms with E-state index in [-0.39, 0.29) is 6.42 Å². The van der Waals surface area contributed by atoms with Gasteiger partial charge in [-0.25, -0.2) is 14.4 Å². The summed E-state index contributed by atoms with van der Waals surface area (Å²) in [5.74, 6) is -1.21. The maximum atomic E-state index is 12.9. The summed E-state index contributed by atoms with van der Waals surface area (Å²) in [5, 5.41) is 0. The van der Waals surface area contributed by atoms with Crippen molar-refractivity contribution in [2.24, 2.45) is 5.92 Å². The summed E-state index contributed by atoms with van der Waals surface area (Å²) in [6, 6.07) is -1.33. The molecule has 0 saturated carbocycles. The van der Waals surface area contributed by atoms with Crippen LogP contribution in [0.3, 0.4) is 0 Å². The summed E-state index contributed by atoms with van der Waals surface area (Å²) in [7, 11) is 0. The van der Waals surface area contributed by atoms with Crippen LogP contribution in [0.15, 0.2) is 0 Å². The first-order valence-electron chi connectivity index (χ1n) is 9.49. The van der Waals surface area contributed by atoms with Gasteiger partial charge in [-0.3, -0.25) is 0 Å². The van der Waals surface area contributed by atoms with Gasteiger partial charge in [-0.1, -0.05) is 6.92 Å². The number of alkyl halides is 2. The van der Waals surface area contributed by atoms with Gasteiger partial charge in [-0.2, -0.15) is 4.90 Å². The number of carbonyl (C=O) groups excluding carboxylic acids is 3. The van der Waals surface area contributed by atoms with Crippen LogP contribution in [-0.4, -0.2) is 50.7 Å². The van der Waals surface area contributed by atoms with E-state index in [0.717, 1.165) is 0 Å². The number of ether oxygens (including phenoxy) is 3. The van der Waals surface area contributed by atoms with Crippen molar-refractivity contribution in [3.05, 3.63) is 0 Å². The summed E-state index contributed by atoms with van der Waals surface area (Å²) < 4.78 is 16.1. The van der Waals surface area contributed by atoms with E-state index in [2.05, 4.69) is 0 Å². The van der Waals surface area contributed by atoms with Crippen LogP contribution in [0.4, 0.5) is 9.59 Å². The fourth-order valence-electron chi connectivity index (χ4n) is 2.08. The molecule has 0 unspecified atom stereocenters. The number of imide groups is 1. The average molecular weight is 457 g/mol. The SMILES string of the molecule is CC(C)(C)OC(=O)[C@H](C[C@H]([13CH3])C(Cl)Cl)N(C(=O)OC(C)(C)C)C(=O)OC(C)(C)C. The first-order valence-corrected chi connectivity index (χ1v) is 10.4. The van der Waals surface area contributed by atoms with Crippen molar-refractivity contribution in [2.75, 3.05) is 0 Å². The third-order valence-corrected chi connectivity index (χ3v) is 4.06. The molecule has 0 spiro atoms. The van der Waals surface area contributed by atoms with E-state index in [1.165, 1.54) is 0 Å². The largest absolute Gasteiger partial charge is 0.458 e. The number of halogens is 2. The van der Waals surface area contributed by atoms with Gasteiger partial charge in [-0.05, 0) is 74.7 Å². The zero-order valence-electron chi connectivity index (χ0n) is 19.1. The number of nitrogens with zero attached hydrogens (tertiary/aromatic N) is 1. The molecule has 0 N–H and O–H groups in total. The number of hydrogen-bond acceptors (Lipinski definition) is 6. The van der Waals surface area contributed by atoms with Crippen LogP contribution in [0.5, 0.6) is 0 Å². The predicted octanol–water partition coefficient (Wildman–Crippen LogP) is 5.70. The molecule has 9 heteroatoms. The van der Waals surface area contributed by atoms with E-state index in [0.29, 0.717) is 4.90 Å². The van der Waals surface area contributed by atoms with E-state index in [1.807, 2.05) is 0 Å². The molecule has 2 atom stereocenters. The molecular weight excluding hydrogens is 422 g/mol. The monoisotopic (exact) mass is 456 g/mol. The lowest BCUT2D eigenvalue weighted by Crippen LogP contribution is -2.54. The van der Waals surface area contributed by atoms with Crippen molar-refractivity contribution in [1.82, 2.24) is 4.90 Å². The Balaban J connectivity index is 6.17. The maximum Gasteiger partial charge on any atom is 0.420 e. The standard InChI is InChI=1S/C20H35Cl2NO6/c1-12(14(21)22)11-13(15(24)27-18(2,3)4)23(16(25)28-19(5,6)7)17(26)29-20(8,9)10/h12-14H,11H2,1-10H3/t12-,13-/m0/s1/i1+1. The molecule has 0 bridgehead atoms. The van der Waals surface area contributed by atoms with Crippen LogP contribution in [0.1, 0.15) is 75.7 Å². The summed E-state index contributed by atoms with van der Waals surface area (Å²) >= 11 is 11.9. The first-order chi connectivity index (χ1) is 12.7. The minimum atomic E-state index is -1.33. The minimum absolute atomic E-state index is 0.0228. The lowest BCUT2D eigenvalue weighted by atomic mass is 10.1. The van der Waals surface area contributed by atoms with E-state index in [1.54, 1.807) is 69.2 Å². The van der Waals surface area contributed by atoms with Crippen molar-refractivity contribution >= 4 is 41.4 Å². The zero-order valence-corrected chi connectivity index (χ0v) is 20.6. The molecule has 0 aliphatic rings. The summed E-state index contributed by atoms with van der Waals surface area (Å²) in [6.45, 7) is 16.6. The van der Waals surface area contributed by atoms with Crippen molar-refractivity contribution < 1.29 is 28.6 Å². The van der Waals surface area contributed by atoms with Gasteiger partial charge in [0.25, 0.3) is 0 Å². The second-order valence-electron chi connectivity index (χ2n) is 9.93. The topological polar surface area (TPSA) is 82.1 Å². The van der Waals surface area contributed by atoms with Crippen LogP contribution in [0.2, 0.25) is 0 Å². The van der Waals surface area contributed by atoms with Crippen LogP contribution in [0, 0.1) is 5.92 Å². The van der Waals surface area contributed by atoms with Gasteiger partial charge in [0.2, 0.25) is 0 Å². The molecule has 2 amide bonds. The zero-order chi connectivity index (χ0) is 23.4. The highest BCUT2D eigenvalue weighted by Crippen LogP contribution is 2.26. The van der Waals surface area contributed by atoms with Gasteiger partial charge < -0.3 is 14.2 Å². The Morgan fingerprint density at radius 3 is 1.38 bits per heavy atom. The number of hydrogen-bond donors (Lipinski definition) is 0. The molecule has 0 aromatic heterocycles. The summed E-state index contributed by atoms with van der Waals surface area (Å²) in [6.07, 6.45) is -2.06. The fourth-order valence-corrected chi connectivity index (χ4v) is 2.29. The molecule has 0 aliphatic heterocycles. The number of amides is 2. The van der Waals surface area contributed by atoms with Crippen LogP contribution in [-0.2, 0) is 19.0 Å². The van der Waals surface area contributed by atoms with E-state index < -0.39 is 51.8 Å². The van der Waals surface area contributed by atoms with Gasteiger partial charge in [0.05, 0.1) is 0 Å². The summed E-state index contributed by atoms with van der Waals surface area (Å²) in [4.78, 5) is 38.5. The highest BCUT2D eigenvalue weighted by atomic mass is 35.5. The van der Waals surface area contributed by atoms with Crippen LogP contribution < -0.4 is 0 Å². The summed E-state index contributed by atoms with van der Waals surface area (Å²) in [5.41, 5.74) is -2.64. The second kappa shape index (κ2) is 10.2. The normalized spacial score (nSPS) is 14.8. The molecule has 0 aromatic rings. The molecule has 0 saturated heterocycles. The van der Waals surface area contributed by atoms with E-state index >= 15 is 0 Å². The molecular formula is C20H35Cl2NO6. The quantitative estimate of drug-likeness (QED) is 0.228. The average Bonchev–Trinajstić information content (AvgIpc) is 2.40. The number of carbonyl (C=O) groups is 3. The Kier molecular flexibility index (Phi) is 9.78. The Bertz CT molecular complexity index is 559. The lowest BCUT2D eigenvalue weighted by molar-refractivity contribution is -0.161. The van der Waals surface area contributed by atoms with E-state index in [9.17, 15) is 14.4 Å². The van der Waals surface area contributed by atoms with Gasteiger partial charge in [0.15, 0.2) is 0 Å². The van der Waals surface area contributed by atoms with Gasteiger partial charge in [0.1, 0.15) is 27.7 Å². The Hall–Kier alpha value is -1.21. The highest BCUT2D eigenvalue weighted by molar-refractivity contribution is 6.44. The Morgan fingerprint density at radius 1 is 0.759 bits per heavy atom. The molecule has 170 valence electrons. The second-order valence-corrected chi connectivity index (χ2v) is 11.1. The molecule has 29 heavy (non-hydrogen) atoms. The molecule has 0 aliphatic carbocycles. The smallest absolute Gasteiger partial charge is 0.420 e. The first kappa shape index (κ1) is 27.8. The van der Waals surface area contributed by atoms with Gasteiger partial charge in [0, 0.05) is 0 Å². The number of rotatable bonds is 5. The van der Waals surface area contributed by atoms with Crippen molar-refractivity contribution in [1.29, 1.82) is 0 Å². The molecule has 0 aromatic carbocycles. The Labute approximate surface area is 184 Å².